The Kier molecular flexibility index (Phi) is 3.10. The van der Waals surface area contributed by atoms with Crippen LogP contribution in [0, 0.1) is 0 Å². The second-order valence-electron chi connectivity index (χ2n) is 5.87. The van der Waals surface area contributed by atoms with E-state index in [1.807, 2.05) is 24.3 Å². The van der Waals surface area contributed by atoms with Crippen LogP contribution in [0.3, 0.4) is 0 Å². The van der Waals surface area contributed by atoms with Crippen molar-refractivity contribution in [3.05, 3.63) is 36.0 Å². The van der Waals surface area contributed by atoms with Crippen molar-refractivity contribution in [3.63, 3.8) is 0 Å². The first-order valence-electron chi connectivity index (χ1n) is 7.52. The molecule has 4 rings (SSSR count). The summed E-state index contributed by atoms with van der Waals surface area (Å²) in [7, 11) is 1.62. The van der Waals surface area contributed by atoms with Crippen LogP contribution < -0.4 is 9.64 Å². The first-order chi connectivity index (χ1) is 10.7. The molecule has 1 amide bonds. The molecule has 6 heteroatoms. The molecule has 1 saturated carbocycles. The third kappa shape index (κ3) is 2.34. The van der Waals surface area contributed by atoms with Crippen LogP contribution in [0.15, 0.2) is 28.8 Å². The quantitative estimate of drug-likeness (QED) is 0.867. The lowest BCUT2D eigenvalue weighted by molar-refractivity contribution is -0.117. The highest BCUT2D eigenvalue weighted by atomic mass is 16.5. The topological polar surface area (TPSA) is 68.5 Å². The van der Waals surface area contributed by atoms with Crippen molar-refractivity contribution < 1.29 is 14.1 Å². The lowest BCUT2D eigenvalue weighted by atomic mass is 10.1. The zero-order valence-corrected chi connectivity index (χ0v) is 12.4. The monoisotopic (exact) mass is 299 g/mol. The predicted molar refractivity (Wildman–Crippen MR) is 79.0 cm³/mol. The van der Waals surface area contributed by atoms with E-state index in [1.54, 1.807) is 12.0 Å². The van der Waals surface area contributed by atoms with Crippen LogP contribution in [0.2, 0.25) is 0 Å². The van der Waals surface area contributed by atoms with Gasteiger partial charge in [0.1, 0.15) is 5.75 Å². The van der Waals surface area contributed by atoms with E-state index in [0.717, 1.165) is 30.1 Å². The van der Waals surface area contributed by atoms with Gasteiger partial charge in [0.15, 0.2) is 5.82 Å². The zero-order valence-electron chi connectivity index (χ0n) is 12.4. The van der Waals surface area contributed by atoms with Crippen LogP contribution in [-0.4, -0.2) is 29.7 Å². The van der Waals surface area contributed by atoms with Gasteiger partial charge in [0.05, 0.1) is 13.0 Å². The Morgan fingerprint density at radius 2 is 2.18 bits per heavy atom. The summed E-state index contributed by atoms with van der Waals surface area (Å²) >= 11 is 0. The fourth-order valence-electron chi connectivity index (χ4n) is 2.82. The van der Waals surface area contributed by atoms with Gasteiger partial charge in [0.25, 0.3) is 0 Å². The Morgan fingerprint density at radius 1 is 1.32 bits per heavy atom. The summed E-state index contributed by atoms with van der Waals surface area (Å²) < 4.78 is 10.6. The minimum atomic E-state index is -0.0290. The lowest BCUT2D eigenvalue weighted by Gasteiger charge is -2.16. The predicted octanol–water partition coefficient (Wildman–Crippen LogP) is 2.48. The molecule has 2 aromatic rings. The van der Waals surface area contributed by atoms with Gasteiger partial charge in [0, 0.05) is 30.6 Å². The van der Waals surface area contributed by atoms with Crippen LogP contribution in [0.25, 0.3) is 0 Å². The van der Waals surface area contributed by atoms with E-state index >= 15 is 0 Å². The molecule has 2 fully saturated rings. The van der Waals surface area contributed by atoms with Gasteiger partial charge in [-0.25, -0.2) is 0 Å². The Balaban J connectivity index is 1.54. The number of aromatic nitrogens is 2. The molecule has 6 nitrogen and oxygen atoms in total. The van der Waals surface area contributed by atoms with E-state index in [2.05, 4.69) is 10.1 Å². The van der Waals surface area contributed by atoms with Gasteiger partial charge in [-0.15, -0.1) is 0 Å². The van der Waals surface area contributed by atoms with Crippen molar-refractivity contribution in [1.82, 2.24) is 10.1 Å². The number of amides is 1. The average Bonchev–Trinajstić information content (AvgIpc) is 3.14. The molecular formula is C16H17N3O3. The Hall–Kier alpha value is -2.37. The van der Waals surface area contributed by atoms with Gasteiger partial charge in [-0.2, -0.15) is 4.98 Å². The average molecular weight is 299 g/mol. The largest absolute Gasteiger partial charge is 0.497 e. The van der Waals surface area contributed by atoms with Crippen molar-refractivity contribution in [1.29, 1.82) is 0 Å². The maximum atomic E-state index is 12.3. The van der Waals surface area contributed by atoms with Crippen molar-refractivity contribution >= 4 is 11.6 Å². The summed E-state index contributed by atoms with van der Waals surface area (Å²) in [5.74, 6) is 2.62. The van der Waals surface area contributed by atoms with Crippen molar-refractivity contribution in [3.8, 4) is 5.75 Å². The molecule has 2 aliphatic rings. The fourth-order valence-corrected chi connectivity index (χ4v) is 2.82. The molecule has 1 aliphatic carbocycles. The lowest BCUT2D eigenvalue weighted by Crippen LogP contribution is -2.24. The first kappa shape index (κ1) is 13.3. The highest BCUT2D eigenvalue weighted by molar-refractivity contribution is 5.96. The van der Waals surface area contributed by atoms with E-state index in [-0.39, 0.29) is 11.8 Å². The van der Waals surface area contributed by atoms with Crippen molar-refractivity contribution in [2.45, 2.75) is 31.1 Å². The number of methoxy groups -OCH3 is 1. The normalized spacial score (nSPS) is 21.4. The Morgan fingerprint density at radius 3 is 2.95 bits per heavy atom. The van der Waals surface area contributed by atoms with Gasteiger partial charge in [0.2, 0.25) is 11.8 Å². The third-order valence-corrected chi connectivity index (χ3v) is 4.24. The molecule has 1 atom stereocenters. The standard InChI is InChI=1S/C16H17N3O3/c1-21-13-4-2-3-12(8-13)19-9-11(7-14(19)20)16-17-15(18-22-16)10-5-6-10/h2-4,8,10-11H,5-7,9H2,1H3. The molecule has 0 radical (unpaired) electrons. The van der Waals surface area contributed by atoms with E-state index < -0.39 is 0 Å². The zero-order chi connectivity index (χ0) is 15.1. The number of benzene rings is 1. The number of hydrogen-bond acceptors (Lipinski definition) is 5. The van der Waals surface area contributed by atoms with Gasteiger partial charge in [-0.3, -0.25) is 4.79 Å². The highest BCUT2D eigenvalue weighted by Crippen LogP contribution is 2.39. The number of carbonyl (C=O) groups excluding carboxylic acids is 1. The molecule has 114 valence electrons. The number of ether oxygens (including phenoxy) is 1. The summed E-state index contributed by atoms with van der Waals surface area (Å²) in [6.07, 6.45) is 2.68. The van der Waals surface area contributed by atoms with Crippen molar-refractivity contribution in [2.24, 2.45) is 0 Å². The number of hydrogen-bond donors (Lipinski definition) is 0. The molecule has 22 heavy (non-hydrogen) atoms. The van der Waals surface area contributed by atoms with Gasteiger partial charge < -0.3 is 14.2 Å². The fraction of sp³-hybridized carbons (Fsp3) is 0.438. The highest BCUT2D eigenvalue weighted by Gasteiger charge is 2.36. The maximum absolute atomic E-state index is 12.3. The molecule has 0 N–H and O–H groups in total. The third-order valence-electron chi connectivity index (χ3n) is 4.24. The number of carbonyl (C=O) groups is 1. The van der Waals surface area contributed by atoms with Gasteiger partial charge in [-0.05, 0) is 25.0 Å². The van der Waals surface area contributed by atoms with Crippen LogP contribution in [0.5, 0.6) is 5.75 Å². The molecule has 1 unspecified atom stereocenters. The smallest absolute Gasteiger partial charge is 0.232 e. The van der Waals surface area contributed by atoms with Gasteiger partial charge in [-0.1, -0.05) is 11.2 Å². The SMILES string of the molecule is COc1cccc(N2CC(c3nc(C4CC4)no3)CC2=O)c1. The van der Waals surface area contributed by atoms with E-state index in [4.69, 9.17) is 9.26 Å². The molecule has 1 aromatic carbocycles. The second kappa shape index (κ2) is 5.12. The molecule has 0 spiro atoms. The molecule has 2 heterocycles. The minimum absolute atomic E-state index is 0.0290. The molecule has 1 aliphatic heterocycles. The first-order valence-corrected chi connectivity index (χ1v) is 7.52. The van der Waals surface area contributed by atoms with Crippen LogP contribution in [0.1, 0.15) is 42.8 Å². The molecule has 0 bridgehead atoms. The molecule has 1 aromatic heterocycles. The second-order valence-corrected chi connectivity index (χ2v) is 5.87. The summed E-state index contributed by atoms with van der Waals surface area (Å²) in [4.78, 5) is 18.5. The van der Waals surface area contributed by atoms with Crippen LogP contribution in [-0.2, 0) is 4.79 Å². The molecule has 1 saturated heterocycles. The Bertz CT molecular complexity index is 708. The van der Waals surface area contributed by atoms with E-state index in [0.29, 0.717) is 24.8 Å². The number of anilines is 1. The van der Waals surface area contributed by atoms with E-state index in [9.17, 15) is 4.79 Å². The van der Waals surface area contributed by atoms with Crippen LogP contribution in [0.4, 0.5) is 5.69 Å². The number of nitrogens with zero attached hydrogens (tertiary/aromatic N) is 3. The summed E-state index contributed by atoms with van der Waals surface area (Å²) in [6.45, 7) is 0.568. The number of rotatable bonds is 4. The van der Waals surface area contributed by atoms with Crippen LogP contribution >= 0.6 is 0 Å². The van der Waals surface area contributed by atoms with Gasteiger partial charge >= 0.3 is 0 Å². The van der Waals surface area contributed by atoms with Crippen molar-refractivity contribution in [2.75, 3.05) is 18.6 Å². The summed E-state index contributed by atoms with van der Waals surface area (Å²) in [5, 5.41) is 4.04. The maximum Gasteiger partial charge on any atom is 0.232 e. The summed E-state index contributed by atoms with van der Waals surface area (Å²) in [6, 6.07) is 7.52. The Labute approximate surface area is 128 Å². The molecular weight excluding hydrogens is 282 g/mol. The minimum Gasteiger partial charge on any atom is -0.497 e. The summed E-state index contributed by atoms with van der Waals surface area (Å²) in [5.41, 5.74) is 0.841. The van der Waals surface area contributed by atoms with E-state index in [1.165, 1.54) is 0 Å².